The number of rotatable bonds is 8. The van der Waals surface area contributed by atoms with Crippen molar-refractivity contribution in [2.45, 2.75) is 25.9 Å². The topological polar surface area (TPSA) is 42.3 Å². The molecule has 0 aromatic carbocycles. The van der Waals surface area contributed by atoms with Crippen LogP contribution >= 0.6 is 0 Å². The predicted molar refractivity (Wildman–Crippen MR) is 73.7 cm³/mol. The Kier molecular flexibility index (Phi) is 5.78. The molecule has 1 rings (SSSR count). The maximum Gasteiger partial charge on any atom is 0.0949 e. The van der Waals surface area contributed by atoms with Crippen LogP contribution in [0.25, 0.3) is 0 Å². The van der Waals surface area contributed by atoms with E-state index in [1.54, 1.807) is 7.11 Å². The Morgan fingerprint density at radius 1 is 1.44 bits per heavy atom. The first-order chi connectivity index (χ1) is 8.51. The van der Waals surface area contributed by atoms with Crippen LogP contribution in [0.3, 0.4) is 0 Å². The number of imidazole rings is 1. The molecule has 0 spiro atoms. The molecule has 0 unspecified atom stereocenters. The molecule has 18 heavy (non-hydrogen) atoms. The summed E-state index contributed by atoms with van der Waals surface area (Å²) in [6.45, 7) is 7.99. The Labute approximate surface area is 110 Å². The van der Waals surface area contributed by atoms with E-state index in [0.717, 1.165) is 26.2 Å². The molecule has 0 fully saturated rings. The fourth-order valence-electron chi connectivity index (χ4n) is 1.78. The second-order valence-corrected chi connectivity index (χ2v) is 5.14. The molecule has 1 heterocycles. The third-order valence-electron chi connectivity index (χ3n) is 3.38. The lowest BCUT2D eigenvalue weighted by Gasteiger charge is -2.26. The highest BCUT2D eigenvalue weighted by Crippen LogP contribution is 2.18. The van der Waals surface area contributed by atoms with Gasteiger partial charge in [0.25, 0.3) is 0 Å². The molecule has 5 nitrogen and oxygen atoms in total. The summed E-state index contributed by atoms with van der Waals surface area (Å²) in [5.74, 6) is 0. The number of hydrogen-bond acceptors (Lipinski definition) is 4. The number of aromatic nitrogens is 2. The van der Waals surface area contributed by atoms with E-state index >= 15 is 0 Å². The summed E-state index contributed by atoms with van der Waals surface area (Å²) in [7, 11) is 5.82. The molecule has 0 bridgehead atoms. The summed E-state index contributed by atoms with van der Waals surface area (Å²) < 4.78 is 7.28. The number of nitrogens with zero attached hydrogens (tertiary/aromatic N) is 3. The van der Waals surface area contributed by atoms with Crippen LogP contribution in [0.2, 0.25) is 0 Å². The van der Waals surface area contributed by atoms with Gasteiger partial charge in [0, 0.05) is 32.9 Å². The van der Waals surface area contributed by atoms with Gasteiger partial charge in [-0.05, 0) is 27.9 Å². The lowest BCUT2D eigenvalue weighted by Crippen LogP contribution is -2.36. The summed E-state index contributed by atoms with van der Waals surface area (Å²) >= 11 is 0. The molecule has 0 aliphatic rings. The SMILES string of the molecule is CNC(C)(C)c1cncn1CCN(C)CCOC. The molecule has 0 atom stereocenters. The minimum absolute atomic E-state index is 0.0540. The first kappa shape index (κ1) is 15.1. The van der Waals surface area contributed by atoms with E-state index < -0.39 is 0 Å². The fraction of sp³-hybridized carbons (Fsp3) is 0.769. The lowest BCUT2D eigenvalue weighted by atomic mass is 10.0. The van der Waals surface area contributed by atoms with E-state index in [9.17, 15) is 0 Å². The highest BCUT2D eigenvalue weighted by molar-refractivity contribution is 5.10. The van der Waals surface area contributed by atoms with Gasteiger partial charge >= 0.3 is 0 Å². The van der Waals surface area contributed by atoms with Gasteiger partial charge in [0.2, 0.25) is 0 Å². The van der Waals surface area contributed by atoms with E-state index in [2.05, 4.69) is 40.7 Å². The predicted octanol–water partition coefficient (Wildman–Crippen LogP) is 0.916. The minimum Gasteiger partial charge on any atom is -0.383 e. The van der Waals surface area contributed by atoms with Gasteiger partial charge in [-0.25, -0.2) is 4.98 Å². The van der Waals surface area contributed by atoms with Crippen LogP contribution in [0.5, 0.6) is 0 Å². The van der Waals surface area contributed by atoms with Gasteiger partial charge in [-0.15, -0.1) is 0 Å². The van der Waals surface area contributed by atoms with Crippen LogP contribution in [-0.2, 0) is 16.8 Å². The maximum atomic E-state index is 5.07. The van der Waals surface area contributed by atoms with Gasteiger partial charge in [-0.2, -0.15) is 0 Å². The normalized spacial score (nSPS) is 12.3. The van der Waals surface area contributed by atoms with Crippen LogP contribution in [0, 0.1) is 0 Å². The molecule has 5 heteroatoms. The molecule has 0 amide bonds. The lowest BCUT2D eigenvalue weighted by molar-refractivity contribution is 0.159. The summed E-state index contributed by atoms with van der Waals surface area (Å²) in [5.41, 5.74) is 1.16. The first-order valence-electron chi connectivity index (χ1n) is 6.38. The van der Waals surface area contributed by atoms with E-state index in [4.69, 9.17) is 4.74 Å². The Bertz CT molecular complexity index is 349. The highest BCUT2D eigenvalue weighted by Gasteiger charge is 2.21. The third-order valence-corrected chi connectivity index (χ3v) is 3.38. The van der Waals surface area contributed by atoms with Crippen molar-refractivity contribution in [2.75, 3.05) is 40.9 Å². The molecule has 0 aliphatic carbocycles. The van der Waals surface area contributed by atoms with Crippen LogP contribution in [0.4, 0.5) is 0 Å². The van der Waals surface area contributed by atoms with Crippen molar-refractivity contribution in [3.63, 3.8) is 0 Å². The van der Waals surface area contributed by atoms with Crippen molar-refractivity contribution in [1.29, 1.82) is 0 Å². The highest BCUT2D eigenvalue weighted by atomic mass is 16.5. The molecule has 0 saturated heterocycles. The second kappa shape index (κ2) is 6.87. The van der Waals surface area contributed by atoms with E-state index in [-0.39, 0.29) is 5.54 Å². The maximum absolute atomic E-state index is 5.07. The van der Waals surface area contributed by atoms with Gasteiger partial charge in [0.1, 0.15) is 0 Å². The van der Waals surface area contributed by atoms with Crippen molar-refractivity contribution in [3.05, 3.63) is 18.2 Å². The molecule has 0 saturated carbocycles. The Morgan fingerprint density at radius 2 is 2.17 bits per heavy atom. The summed E-state index contributed by atoms with van der Waals surface area (Å²) in [4.78, 5) is 6.52. The van der Waals surface area contributed by atoms with E-state index in [1.165, 1.54) is 5.69 Å². The van der Waals surface area contributed by atoms with Gasteiger partial charge in [-0.3, -0.25) is 0 Å². The number of likely N-dealkylation sites (N-methyl/N-ethyl adjacent to an activating group) is 1. The van der Waals surface area contributed by atoms with Crippen molar-refractivity contribution >= 4 is 0 Å². The van der Waals surface area contributed by atoms with Crippen LogP contribution in [0.1, 0.15) is 19.5 Å². The van der Waals surface area contributed by atoms with Gasteiger partial charge in [-0.1, -0.05) is 0 Å². The van der Waals surface area contributed by atoms with Gasteiger partial charge in [0.05, 0.1) is 24.2 Å². The zero-order valence-electron chi connectivity index (χ0n) is 12.2. The fourth-order valence-corrected chi connectivity index (χ4v) is 1.78. The average Bonchev–Trinajstić information content (AvgIpc) is 2.82. The molecule has 1 N–H and O–H groups in total. The average molecular weight is 254 g/mol. The number of hydrogen-bond donors (Lipinski definition) is 1. The van der Waals surface area contributed by atoms with Crippen LogP contribution < -0.4 is 5.32 Å². The minimum atomic E-state index is -0.0540. The monoisotopic (exact) mass is 254 g/mol. The van der Waals surface area contributed by atoms with Gasteiger partial charge < -0.3 is 19.5 Å². The molecular formula is C13H26N4O. The summed E-state index contributed by atoms with van der Waals surface area (Å²) in [6.07, 6.45) is 3.84. The Balaban J connectivity index is 2.56. The molecular weight excluding hydrogens is 228 g/mol. The molecule has 0 radical (unpaired) electrons. The summed E-state index contributed by atoms with van der Waals surface area (Å²) in [6, 6.07) is 0. The first-order valence-corrected chi connectivity index (χ1v) is 6.38. The molecule has 104 valence electrons. The van der Waals surface area contributed by atoms with Crippen LogP contribution in [-0.4, -0.2) is 55.4 Å². The standard InChI is InChI=1S/C13H26N4O/c1-13(2,14-3)12-10-15-11-17(12)7-6-16(4)8-9-18-5/h10-11,14H,6-9H2,1-5H3. The quantitative estimate of drug-likeness (QED) is 0.749. The van der Waals surface area contributed by atoms with E-state index in [0.29, 0.717) is 0 Å². The Hall–Kier alpha value is -0.910. The smallest absolute Gasteiger partial charge is 0.0949 e. The number of nitrogens with one attached hydrogen (secondary N) is 1. The van der Waals surface area contributed by atoms with Gasteiger partial charge in [0.15, 0.2) is 0 Å². The van der Waals surface area contributed by atoms with Crippen molar-refractivity contribution in [3.8, 4) is 0 Å². The van der Waals surface area contributed by atoms with Crippen molar-refractivity contribution < 1.29 is 4.74 Å². The number of ether oxygens (including phenoxy) is 1. The number of methoxy groups -OCH3 is 1. The molecule has 1 aromatic rings. The van der Waals surface area contributed by atoms with Crippen molar-refractivity contribution in [2.24, 2.45) is 0 Å². The molecule has 0 aliphatic heterocycles. The zero-order valence-corrected chi connectivity index (χ0v) is 12.2. The zero-order chi connectivity index (χ0) is 13.6. The Morgan fingerprint density at radius 3 is 2.78 bits per heavy atom. The van der Waals surface area contributed by atoms with Crippen LogP contribution in [0.15, 0.2) is 12.5 Å². The summed E-state index contributed by atoms with van der Waals surface area (Å²) in [5, 5.41) is 3.31. The largest absolute Gasteiger partial charge is 0.383 e. The van der Waals surface area contributed by atoms with E-state index in [1.807, 2.05) is 19.6 Å². The molecule has 1 aromatic heterocycles. The van der Waals surface area contributed by atoms with Crippen molar-refractivity contribution in [1.82, 2.24) is 19.8 Å². The third kappa shape index (κ3) is 4.08. The second-order valence-electron chi connectivity index (χ2n) is 5.14.